The zero-order valence-corrected chi connectivity index (χ0v) is 8.78. The Labute approximate surface area is 89.8 Å². The van der Waals surface area contributed by atoms with E-state index in [1.165, 1.54) is 0 Å². The summed E-state index contributed by atoms with van der Waals surface area (Å²) in [4.78, 5) is 32.9. The monoisotopic (exact) mass is 300 g/mol. The van der Waals surface area contributed by atoms with Gasteiger partial charge in [0, 0.05) is 0 Å². The molecule has 0 spiro atoms. The van der Waals surface area contributed by atoms with E-state index >= 15 is 0 Å². The minimum absolute atomic E-state index is 0. The quantitative estimate of drug-likeness (QED) is 0.298. The van der Waals surface area contributed by atoms with E-state index in [1.807, 2.05) is 0 Å². The van der Waals surface area contributed by atoms with E-state index in [2.05, 4.69) is 0 Å². The maximum Gasteiger partial charge on any atom is 4.00 e. The van der Waals surface area contributed by atoms with Crippen LogP contribution in [0, 0.1) is 0 Å². The Morgan fingerprint density at radius 1 is 0.538 bits per heavy atom. The molecular formula is C4H4O8Sn. The normalized spacial score (nSPS) is 3.69. The number of hydrogen-bond donors (Lipinski definition) is 4. The fraction of sp³-hybridized carbons (Fsp3) is 0. The van der Waals surface area contributed by atoms with Crippen molar-refractivity contribution in [2.75, 3.05) is 0 Å². The number of aliphatic hydroxyl groups excluding tert-OH is 4. The number of rotatable bonds is 0. The van der Waals surface area contributed by atoms with Gasteiger partial charge in [0.15, 0.2) is 0 Å². The second-order valence-corrected chi connectivity index (χ2v) is 0.365. The van der Waals surface area contributed by atoms with Gasteiger partial charge in [0.1, 0.15) is 0 Å². The van der Waals surface area contributed by atoms with E-state index in [9.17, 15) is 0 Å². The van der Waals surface area contributed by atoms with Crippen molar-refractivity contribution in [1.82, 2.24) is 0 Å². The molecule has 13 heavy (non-hydrogen) atoms. The Bertz CT molecular complexity index is 70.1. The summed E-state index contributed by atoms with van der Waals surface area (Å²) < 4.78 is 0. The summed E-state index contributed by atoms with van der Waals surface area (Å²) in [6, 6.07) is 0. The molecule has 0 radical (unpaired) electrons. The summed E-state index contributed by atoms with van der Waals surface area (Å²) in [5.41, 5.74) is 0. The van der Waals surface area contributed by atoms with Gasteiger partial charge >= 0.3 is 23.9 Å². The van der Waals surface area contributed by atoms with Crippen LogP contribution in [0.25, 0.3) is 0 Å². The van der Waals surface area contributed by atoms with Crippen LogP contribution in [0.15, 0.2) is 0 Å². The van der Waals surface area contributed by atoms with Crippen LogP contribution in [0.4, 0.5) is 0 Å². The van der Waals surface area contributed by atoms with E-state index < -0.39 is 0 Å². The van der Waals surface area contributed by atoms with Crippen molar-refractivity contribution in [3.05, 3.63) is 0 Å². The first-order valence-electron chi connectivity index (χ1n) is 1.71. The Morgan fingerprint density at radius 2 is 0.538 bits per heavy atom. The topological polar surface area (TPSA) is 149 Å². The summed E-state index contributed by atoms with van der Waals surface area (Å²) in [5, 5.41) is 27.1. The molecule has 0 heterocycles. The maximum absolute atomic E-state index is 8.24. The van der Waals surface area contributed by atoms with Crippen molar-refractivity contribution in [2.45, 2.75) is 0 Å². The van der Waals surface area contributed by atoms with E-state index in [4.69, 9.17) is 39.6 Å². The van der Waals surface area contributed by atoms with Crippen molar-refractivity contribution >= 4 is 49.8 Å². The summed E-state index contributed by atoms with van der Waals surface area (Å²) in [5.74, 6) is 0. The molecule has 0 aliphatic rings. The van der Waals surface area contributed by atoms with Gasteiger partial charge in [-0.05, 0) is 0 Å². The molecule has 0 aliphatic carbocycles. The smallest absolute Gasteiger partial charge is 0.665 e. The molecule has 0 aromatic rings. The minimum atomic E-state index is 0. The van der Waals surface area contributed by atoms with Gasteiger partial charge in [-0.1, -0.05) is 25.9 Å². The summed E-state index contributed by atoms with van der Waals surface area (Å²) >= 11 is 0. The van der Waals surface area contributed by atoms with Gasteiger partial charge in [0.25, 0.3) is 0 Å². The van der Waals surface area contributed by atoms with Crippen LogP contribution in [0.1, 0.15) is 0 Å². The first-order valence-corrected chi connectivity index (χ1v) is 1.71. The van der Waals surface area contributed by atoms with E-state index in [1.54, 1.807) is 0 Å². The number of hydrogen-bond acceptors (Lipinski definition) is 4. The van der Waals surface area contributed by atoms with Crippen molar-refractivity contribution in [3.8, 4) is 0 Å². The van der Waals surface area contributed by atoms with Gasteiger partial charge in [0.05, 0.1) is 0 Å². The van der Waals surface area contributed by atoms with E-state index in [-0.39, 0.29) is 23.9 Å². The second kappa shape index (κ2) is 139. The third kappa shape index (κ3) is 461. The van der Waals surface area contributed by atoms with Crippen molar-refractivity contribution in [2.24, 2.45) is 0 Å². The SMILES string of the molecule is O=[C-]O.O=[C-]O.O=[C-]O.O=[C-]O.[Sn+4]. The Hall–Kier alpha value is -1.32. The molecule has 0 amide bonds. The Balaban J connectivity index is -0.0000000213. The average Bonchev–Trinajstić information content (AvgIpc) is 1.92. The predicted molar refractivity (Wildman–Crippen MR) is 39.0 cm³/mol. The fourth-order valence-corrected chi connectivity index (χ4v) is 0. The van der Waals surface area contributed by atoms with E-state index in [0.717, 1.165) is 0 Å². The largest absolute Gasteiger partial charge is 4.00 e. The summed E-state index contributed by atoms with van der Waals surface area (Å²) in [7, 11) is 0. The third-order valence-corrected chi connectivity index (χ3v) is 0. The zero-order valence-electron chi connectivity index (χ0n) is 5.92. The minimum Gasteiger partial charge on any atom is -0.665 e. The molecule has 0 unspecified atom stereocenters. The fourth-order valence-electron chi connectivity index (χ4n) is 0. The third-order valence-electron chi connectivity index (χ3n) is 0. The summed E-state index contributed by atoms with van der Waals surface area (Å²) in [6.45, 7) is 2.00. The van der Waals surface area contributed by atoms with Crippen LogP contribution in [-0.2, 0) is 19.2 Å². The van der Waals surface area contributed by atoms with Gasteiger partial charge in [-0.3, -0.25) is 0 Å². The molecule has 4 N–H and O–H groups in total. The molecule has 0 fully saturated rings. The van der Waals surface area contributed by atoms with Crippen molar-refractivity contribution < 1.29 is 39.6 Å². The Morgan fingerprint density at radius 3 is 0.538 bits per heavy atom. The molecule has 0 saturated carbocycles. The Kier molecular flexibility index (Phi) is 320. The molecule has 0 saturated heterocycles. The van der Waals surface area contributed by atoms with Crippen LogP contribution in [-0.4, -0.2) is 70.2 Å². The molecular weight excluding hydrogens is 295 g/mol. The van der Waals surface area contributed by atoms with Crippen molar-refractivity contribution in [3.63, 3.8) is 0 Å². The van der Waals surface area contributed by atoms with Gasteiger partial charge in [-0.2, -0.15) is 0 Å². The second-order valence-electron chi connectivity index (χ2n) is 0.365. The van der Waals surface area contributed by atoms with Crippen LogP contribution < -0.4 is 0 Å². The van der Waals surface area contributed by atoms with Gasteiger partial charge < -0.3 is 39.6 Å². The molecule has 0 aliphatic heterocycles. The molecule has 8 nitrogen and oxygen atoms in total. The molecule has 9 heteroatoms. The van der Waals surface area contributed by atoms with Crippen molar-refractivity contribution in [1.29, 1.82) is 0 Å². The molecule has 72 valence electrons. The van der Waals surface area contributed by atoms with Gasteiger partial charge in [0.2, 0.25) is 0 Å². The molecule has 0 atom stereocenters. The summed E-state index contributed by atoms with van der Waals surface area (Å²) in [6.07, 6.45) is 0. The zero-order chi connectivity index (χ0) is 10.8. The van der Waals surface area contributed by atoms with Crippen LogP contribution in [0.3, 0.4) is 0 Å². The van der Waals surface area contributed by atoms with Gasteiger partial charge in [-0.25, -0.2) is 0 Å². The molecule has 0 aromatic carbocycles. The van der Waals surface area contributed by atoms with Crippen LogP contribution in [0.5, 0.6) is 0 Å². The molecule has 0 rings (SSSR count). The van der Waals surface area contributed by atoms with E-state index in [0.29, 0.717) is 25.9 Å². The molecule has 0 aromatic heterocycles. The molecule has 0 bridgehead atoms. The van der Waals surface area contributed by atoms with Gasteiger partial charge in [-0.15, -0.1) is 0 Å². The van der Waals surface area contributed by atoms with Crippen LogP contribution >= 0.6 is 0 Å². The maximum atomic E-state index is 8.24. The average molecular weight is 299 g/mol. The predicted octanol–water partition coefficient (Wildman–Crippen LogP) is -1.93. The first-order chi connectivity index (χ1) is 5.66. The van der Waals surface area contributed by atoms with Crippen LogP contribution in [0.2, 0.25) is 0 Å². The first kappa shape index (κ1) is 29.9. The standard InChI is InChI=1S/4CHO2.Sn/c4*2-1-3;/h4*(H,2,3);/q4*-1;+4.